The largest absolute Gasteiger partial charge is 0.354 e. The van der Waals surface area contributed by atoms with Crippen LogP contribution in [0.4, 0.5) is 4.39 Å². The Bertz CT molecular complexity index is 1300. The van der Waals surface area contributed by atoms with E-state index >= 15 is 0 Å². The zero-order chi connectivity index (χ0) is 24.1. The lowest BCUT2D eigenvalue weighted by Crippen LogP contribution is -2.32. The van der Waals surface area contributed by atoms with Gasteiger partial charge in [0.25, 0.3) is 5.91 Å². The van der Waals surface area contributed by atoms with Crippen molar-refractivity contribution < 1.29 is 14.0 Å². The van der Waals surface area contributed by atoms with Gasteiger partial charge in [-0.3, -0.25) is 9.59 Å². The summed E-state index contributed by atoms with van der Waals surface area (Å²) in [6.07, 6.45) is 0.604. The molecule has 6 nitrogen and oxygen atoms in total. The number of fused-ring (bicyclic) bond motifs is 1. The Morgan fingerprint density at radius 3 is 2.44 bits per heavy atom. The minimum Gasteiger partial charge on any atom is -0.354 e. The van der Waals surface area contributed by atoms with Crippen LogP contribution in [-0.4, -0.2) is 27.9 Å². The van der Waals surface area contributed by atoms with Crippen LogP contribution >= 0.6 is 0 Å². The van der Waals surface area contributed by atoms with Crippen molar-refractivity contribution in [3.05, 3.63) is 101 Å². The van der Waals surface area contributed by atoms with Crippen LogP contribution in [0.2, 0.25) is 0 Å². The first-order chi connectivity index (χ1) is 16.4. The number of nitrogens with one attached hydrogen (secondary N) is 2. The molecular weight excluding hydrogens is 431 g/mol. The summed E-state index contributed by atoms with van der Waals surface area (Å²) in [6, 6.07) is 20.8. The summed E-state index contributed by atoms with van der Waals surface area (Å²) >= 11 is 0. The van der Waals surface area contributed by atoms with E-state index in [9.17, 15) is 14.0 Å². The van der Waals surface area contributed by atoms with Crippen molar-refractivity contribution in [2.75, 3.05) is 6.54 Å². The first-order valence-corrected chi connectivity index (χ1v) is 11.2. The molecule has 4 rings (SSSR count). The molecule has 1 heterocycles. The van der Waals surface area contributed by atoms with Crippen molar-refractivity contribution in [1.29, 1.82) is 0 Å². The third kappa shape index (κ3) is 5.49. The zero-order valence-corrected chi connectivity index (χ0v) is 19.2. The molecule has 0 saturated heterocycles. The quantitative estimate of drug-likeness (QED) is 0.413. The highest BCUT2D eigenvalue weighted by Crippen LogP contribution is 2.21. The molecule has 34 heavy (non-hydrogen) atoms. The van der Waals surface area contributed by atoms with Crippen molar-refractivity contribution in [1.82, 2.24) is 20.2 Å². The van der Waals surface area contributed by atoms with Crippen LogP contribution in [0.25, 0.3) is 11.0 Å². The maximum atomic E-state index is 13.1. The third-order valence-corrected chi connectivity index (χ3v) is 5.68. The number of rotatable bonds is 8. The second kappa shape index (κ2) is 10.3. The molecule has 0 fully saturated rings. The maximum Gasteiger partial charge on any atom is 0.251 e. The number of halogens is 1. The predicted octanol–water partition coefficient (Wildman–Crippen LogP) is 4.33. The minimum absolute atomic E-state index is 0.0734. The van der Waals surface area contributed by atoms with Gasteiger partial charge in [0.15, 0.2) is 0 Å². The number of benzene rings is 3. The van der Waals surface area contributed by atoms with Gasteiger partial charge in [-0.15, -0.1) is 0 Å². The number of carbonyl (C=O) groups excluding carboxylic acids is 2. The number of hydrogen-bond acceptors (Lipinski definition) is 3. The van der Waals surface area contributed by atoms with Crippen molar-refractivity contribution in [2.45, 2.75) is 32.9 Å². The highest BCUT2D eigenvalue weighted by atomic mass is 19.1. The van der Waals surface area contributed by atoms with Crippen LogP contribution in [0.3, 0.4) is 0 Å². The Morgan fingerprint density at radius 1 is 1.00 bits per heavy atom. The zero-order valence-electron chi connectivity index (χ0n) is 19.2. The van der Waals surface area contributed by atoms with Crippen LogP contribution < -0.4 is 10.6 Å². The van der Waals surface area contributed by atoms with Crippen LogP contribution in [0.1, 0.15) is 40.3 Å². The lowest BCUT2D eigenvalue weighted by molar-refractivity contribution is -0.121. The normalized spacial score (nSPS) is 11.9. The SMILES string of the molecule is Cc1ccc(C(=O)N[C@@H](C)c2nc3ccccc3n2CC(=O)NCCc2ccc(F)cc2)cc1. The molecule has 2 amide bonds. The highest BCUT2D eigenvalue weighted by Gasteiger charge is 2.20. The van der Waals surface area contributed by atoms with Crippen LogP contribution in [0, 0.1) is 12.7 Å². The minimum atomic E-state index is -0.409. The topological polar surface area (TPSA) is 76.0 Å². The van der Waals surface area contributed by atoms with E-state index < -0.39 is 6.04 Å². The number of aryl methyl sites for hydroxylation is 1. The molecule has 0 unspecified atom stereocenters. The lowest BCUT2D eigenvalue weighted by Gasteiger charge is -2.16. The fraction of sp³-hybridized carbons (Fsp3) is 0.222. The van der Waals surface area contributed by atoms with Crippen LogP contribution in [0.15, 0.2) is 72.8 Å². The van der Waals surface area contributed by atoms with Gasteiger partial charge in [0, 0.05) is 12.1 Å². The van der Waals surface area contributed by atoms with Gasteiger partial charge < -0.3 is 15.2 Å². The molecular formula is C27H27FN4O2. The van der Waals surface area contributed by atoms with Gasteiger partial charge in [0.05, 0.1) is 17.1 Å². The number of hydrogen-bond donors (Lipinski definition) is 2. The Kier molecular flexibility index (Phi) is 7.01. The van der Waals surface area contributed by atoms with Gasteiger partial charge in [-0.2, -0.15) is 0 Å². The molecule has 0 aliphatic rings. The molecule has 174 valence electrons. The fourth-order valence-corrected chi connectivity index (χ4v) is 3.84. The number of carbonyl (C=O) groups is 2. The molecule has 7 heteroatoms. The monoisotopic (exact) mass is 458 g/mol. The van der Waals surface area contributed by atoms with Gasteiger partial charge in [-0.25, -0.2) is 9.37 Å². The van der Waals surface area contributed by atoms with E-state index in [0.29, 0.717) is 24.4 Å². The van der Waals surface area contributed by atoms with Crippen molar-refractivity contribution in [2.24, 2.45) is 0 Å². The summed E-state index contributed by atoms with van der Waals surface area (Å²) in [6.45, 7) is 4.34. The summed E-state index contributed by atoms with van der Waals surface area (Å²) in [5.74, 6) is -0.0373. The first kappa shape index (κ1) is 23.2. The molecule has 0 aliphatic carbocycles. The third-order valence-electron chi connectivity index (χ3n) is 5.68. The molecule has 0 saturated carbocycles. The second-order valence-corrected chi connectivity index (χ2v) is 8.33. The summed E-state index contributed by atoms with van der Waals surface area (Å²) in [7, 11) is 0. The standard InChI is InChI=1S/C27H27FN4O2/c1-18-7-11-21(12-8-18)27(34)30-19(2)26-31-23-5-3-4-6-24(23)32(26)17-25(33)29-16-15-20-9-13-22(28)14-10-20/h3-14,19H,15-17H2,1-2H3,(H,29,33)(H,30,34)/t19-/m0/s1. The number of para-hydroxylation sites is 2. The Balaban J connectivity index is 1.46. The molecule has 3 aromatic carbocycles. The van der Waals surface area contributed by atoms with E-state index in [0.717, 1.165) is 22.2 Å². The van der Waals surface area contributed by atoms with Crippen molar-refractivity contribution in [3.63, 3.8) is 0 Å². The predicted molar refractivity (Wildman–Crippen MR) is 130 cm³/mol. The summed E-state index contributed by atoms with van der Waals surface area (Å²) in [5.41, 5.74) is 4.18. The molecule has 0 aliphatic heterocycles. The van der Waals surface area contributed by atoms with E-state index in [1.54, 1.807) is 24.3 Å². The van der Waals surface area contributed by atoms with E-state index in [1.165, 1.54) is 12.1 Å². The maximum absolute atomic E-state index is 13.1. The molecule has 0 spiro atoms. The fourth-order valence-electron chi connectivity index (χ4n) is 3.84. The van der Waals surface area contributed by atoms with Crippen LogP contribution in [-0.2, 0) is 17.8 Å². The second-order valence-electron chi connectivity index (χ2n) is 8.33. The molecule has 1 aromatic heterocycles. The number of amides is 2. The van der Waals surface area contributed by atoms with E-state index in [-0.39, 0.29) is 24.2 Å². The highest BCUT2D eigenvalue weighted by molar-refractivity contribution is 5.94. The average Bonchev–Trinajstić information content (AvgIpc) is 3.19. The first-order valence-electron chi connectivity index (χ1n) is 11.2. The number of nitrogens with zero attached hydrogens (tertiary/aromatic N) is 2. The van der Waals surface area contributed by atoms with Crippen molar-refractivity contribution >= 4 is 22.8 Å². The Morgan fingerprint density at radius 2 is 1.71 bits per heavy atom. The lowest BCUT2D eigenvalue weighted by atomic mass is 10.1. The number of aromatic nitrogens is 2. The molecule has 1 atom stereocenters. The summed E-state index contributed by atoms with van der Waals surface area (Å²) in [4.78, 5) is 30.2. The molecule has 4 aromatic rings. The van der Waals surface area contributed by atoms with E-state index in [2.05, 4.69) is 10.6 Å². The van der Waals surface area contributed by atoms with Gasteiger partial charge in [0.1, 0.15) is 18.2 Å². The van der Waals surface area contributed by atoms with Crippen LogP contribution in [0.5, 0.6) is 0 Å². The van der Waals surface area contributed by atoms with Gasteiger partial charge in [-0.1, -0.05) is 42.0 Å². The van der Waals surface area contributed by atoms with Crippen molar-refractivity contribution in [3.8, 4) is 0 Å². The summed E-state index contributed by atoms with van der Waals surface area (Å²) in [5, 5.41) is 5.91. The molecule has 2 N–H and O–H groups in total. The number of imidazole rings is 1. The Hall–Kier alpha value is -4.00. The van der Waals surface area contributed by atoms with Gasteiger partial charge >= 0.3 is 0 Å². The average molecular weight is 459 g/mol. The summed E-state index contributed by atoms with van der Waals surface area (Å²) < 4.78 is 14.9. The van der Waals surface area contributed by atoms with Gasteiger partial charge in [-0.05, 0) is 62.2 Å². The van der Waals surface area contributed by atoms with E-state index in [1.807, 2.05) is 54.8 Å². The Labute approximate surface area is 197 Å². The van der Waals surface area contributed by atoms with E-state index in [4.69, 9.17) is 4.98 Å². The van der Waals surface area contributed by atoms with Gasteiger partial charge in [0.2, 0.25) is 5.91 Å². The molecule has 0 bridgehead atoms. The molecule has 0 radical (unpaired) electrons. The smallest absolute Gasteiger partial charge is 0.251 e.